The molecule has 3 aromatic heterocycles. The quantitative estimate of drug-likeness (QED) is 0.368. The predicted octanol–water partition coefficient (Wildman–Crippen LogP) is 1.29. The number of rotatable bonds is 10. The van der Waals surface area contributed by atoms with Gasteiger partial charge in [-0.05, 0) is 13.0 Å². The predicted molar refractivity (Wildman–Crippen MR) is 142 cm³/mol. The van der Waals surface area contributed by atoms with E-state index in [2.05, 4.69) is 29.7 Å². The molecule has 13 nitrogen and oxygen atoms in total. The third-order valence-electron chi connectivity index (χ3n) is 6.43. The Morgan fingerprint density at radius 2 is 1.74 bits per heavy atom. The Labute approximate surface area is 227 Å². The second-order valence-corrected chi connectivity index (χ2v) is 9.23. The maximum atomic E-state index is 6.07. The van der Waals surface area contributed by atoms with Crippen molar-refractivity contribution in [2.45, 2.75) is 25.9 Å². The minimum atomic E-state index is -0.0413. The molecular formula is C26H34N8O5. The zero-order valence-corrected chi connectivity index (χ0v) is 22.6. The van der Waals surface area contributed by atoms with Gasteiger partial charge in [0.25, 0.3) is 0 Å². The van der Waals surface area contributed by atoms with E-state index in [1.54, 1.807) is 26.5 Å². The lowest BCUT2D eigenvalue weighted by atomic mass is 10.1. The number of hydrogen-bond donors (Lipinski definition) is 0. The van der Waals surface area contributed by atoms with Crippen molar-refractivity contribution in [2.24, 2.45) is 0 Å². The van der Waals surface area contributed by atoms with Crippen molar-refractivity contribution >= 4 is 11.8 Å². The van der Waals surface area contributed by atoms with Gasteiger partial charge in [0, 0.05) is 63.0 Å². The van der Waals surface area contributed by atoms with Crippen LogP contribution >= 0.6 is 0 Å². The first-order valence-electron chi connectivity index (χ1n) is 13.0. The number of methoxy groups -OCH3 is 2. The molecule has 0 N–H and O–H groups in total. The maximum Gasteiger partial charge on any atom is 0.319 e. The summed E-state index contributed by atoms with van der Waals surface area (Å²) in [6.45, 7) is 7.05. The van der Waals surface area contributed by atoms with Gasteiger partial charge in [0.2, 0.25) is 11.8 Å². The summed E-state index contributed by atoms with van der Waals surface area (Å²) >= 11 is 0. The molecule has 2 aliphatic rings. The molecular weight excluding hydrogens is 504 g/mol. The van der Waals surface area contributed by atoms with E-state index in [0.29, 0.717) is 63.7 Å². The summed E-state index contributed by atoms with van der Waals surface area (Å²) in [7, 11) is 3.13. The average Bonchev–Trinajstić information content (AvgIpc) is 2.97. The van der Waals surface area contributed by atoms with Crippen LogP contribution in [0.15, 0.2) is 24.4 Å². The fourth-order valence-corrected chi connectivity index (χ4v) is 4.47. The van der Waals surface area contributed by atoms with E-state index in [-0.39, 0.29) is 12.1 Å². The summed E-state index contributed by atoms with van der Waals surface area (Å²) in [6, 6.07) is 6.31. The lowest BCUT2D eigenvalue weighted by molar-refractivity contribution is 0.0401. The van der Waals surface area contributed by atoms with Crippen molar-refractivity contribution in [1.82, 2.24) is 29.9 Å². The molecule has 0 bridgehead atoms. The van der Waals surface area contributed by atoms with Crippen LogP contribution in [0.1, 0.15) is 17.1 Å². The van der Waals surface area contributed by atoms with Gasteiger partial charge >= 0.3 is 12.0 Å². The van der Waals surface area contributed by atoms with Gasteiger partial charge in [-0.1, -0.05) is 0 Å². The molecule has 2 saturated heterocycles. The molecule has 2 fully saturated rings. The second-order valence-electron chi connectivity index (χ2n) is 9.23. The van der Waals surface area contributed by atoms with Crippen LogP contribution in [0.3, 0.4) is 0 Å². The van der Waals surface area contributed by atoms with E-state index in [0.717, 1.165) is 42.5 Å². The van der Waals surface area contributed by atoms with Crippen molar-refractivity contribution in [3.8, 4) is 17.9 Å². The molecule has 39 heavy (non-hydrogen) atoms. The lowest BCUT2D eigenvalue weighted by Crippen LogP contribution is -2.44. The van der Waals surface area contributed by atoms with Gasteiger partial charge in [-0.15, -0.1) is 0 Å². The van der Waals surface area contributed by atoms with Gasteiger partial charge in [-0.25, -0.2) is 19.9 Å². The van der Waals surface area contributed by atoms with Crippen LogP contribution in [0, 0.1) is 6.92 Å². The van der Waals surface area contributed by atoms with Gasteiger partial charge in [0.05, 0.1) is 58.1 Å². The highest BCUT2D eigenvalue weighted by molar-refractivity contribution is 5.47. The standard InChI is InChI=1S/C26H34N8O5/c1-18-14-23(35-2)32-26(28-18)39-10-5-20-16-22(31-24(29-20)33-7-11-37-12-8-33)34-9-13-38-21(17-34)15-19-4-6-27-25(30-19)36-3/h4,6,14,16,21H,5,7-13,15,17H2,1-3H3. The van der Waals surface area contributed by atoms with Crippen LogP contribution in [0.4, 0.5) is 11.8 Å². The van der Waals surface area contributed by atoms with Crippen LogP contribution in [0.25, 0.3) is 0 Å². The zero-order valence-electron chi connectivity index (χ0n) is 22.6. The molecule has 0 amide bonds. The minimum absolute atomic E-state index is 0.0413. The Balaban J connectivity index is 1.31. The highest BCUT2D eigenvalue weighted by atomic mass is 16.5. The fraction of sp³-hybridized carbons (Fsp3) is 0.538. The van der Waals surface area contributed by atoms with Crippen LogP contribution < -0.4 is 24.0 Å². The third-order valence-corrected chi connectivity index (χ3v) is 6.43. The van der Waals surface area contributed by atoms with E-state index in [4.69, 9.17) is 33.7 Å². The SMILES string of the molecule is COc1cc(C)nc(OCCc2cc(N3CCOC(Cc4ccnc(OC)n4)C3)nc(N3CCOCC3)n2)n1. The van der Waals surface area contributed by atoms with Crippen molar-refractivity contribution in [3.05, 3.63) is 41.5 Å². The average molecular weight is 539 g/mol. The third kappa shape index (κ3) is 7.18. The van der Waals surface area contributed by atoms with Crippen LogP contribution in [-0.4, -0.2) is 103 Å². The molecule has 1 unspecified atom stereocenters. The van der Waals surface area contributed by atoms with Crippen molar-refractivity contribution in [1.29, 1.82) is 0 Å². The Kier molecular flexibility index (Phi) is 8.78. The number of morpholine rings is 2. The topological polar surface area (TPSA) is 130 Å². The molecule has 208 valence electrons. The molecule has 1 atom stereocenters. The molecule has 0 aromatic carbocycles. The molecule has 13 heteroatoms. The van der Waals surface area contributed by atoms with Crippen LogP contribution in [0.5, 0.6) is 17.9 Å². The first kappa shape index (κ1) is 26.8. The first-order chi connectivity index (χ1) is 19.1. The molecule has 5 rings (SSSR count). The van der Waals surface area contributed by atoms with Gasteiger partial charge in [0.15, 0.2) is 0 Å². The Bertz CT molecular complexity index is 1240. The number of ether oxygens (including phenoxy) is 5. The molecule has 0 radical (unpaired) electrons. The van der Waals surface area contributed by atoms with Crippen molar-refractivity contribution in [2.75, 3.05) is 76.6 Å². The first-order valence-corrected chi connectivity index (χ1v) is 13.0. The Morgan fingerprint density at radius 1 is 0.897 bits per heavy atom. The van der Waals surface area contributed by atoms with E-state index in [1.807, 2.05) is 19.1 Å². The van der Waals surface area contributed by atoms with Gasteiger partial charge in [-0.3, -0.25) is 0 Å². The number of aromatic nitrogens is 6. The highest BCUT2D eigenvalue weighted by Gasteiger charge is 2.25. The molecule has 0 saturated carbocycles. The summed E-state index contributed by atoms with van der Waals surface area (Å²) in [4.78, 5) is 31.4. The Hall–Kier alpha value is -3.84. The summed E-state index contributed by atoms with van der Waals surface area (Å²) < 4.78 is 27.9. The number of hydrogen-bond acceptors (Lipinski definition) is 13. The van der Waals surface area contributed by atoms with E-state index < -0.39 is 0 Å². The van der Waals surface area contributed by atoms with Gasteiger partial charge < -0.3 is 33.5 Å². The van der Waals surface area contributed by atoms with Gasteiger partial charge in [0.1, 0.15) is 5.82 Å². The monoisotopic (exact) mass is 538 g/mol. The number of aryl methyl sites for hydroxylation is 1. The molecule has 0 aliphatic carbocycles. The Morgan fingerprint density at radius 3 is 2.56 bits per heavy atom. The maximum absolute atomic E-state index is 6.07. The van der Waals surface area contributed by atoms with E-state index in [9.17, 15) is 0 Å². The summed E-state index contributed by atoms with van der Waals surface area (Å²) in [5.41, 5.74) is 2.53. The largest absolute Gasteiger partial charge is 0.481 e. The normalized spacial score (nSPS) is 17.7. The highest BCUT2D eigenvalue weighted by Crippen LogP contribution is 2.23. The fourth-order valence-electron chi connectivity index (χ4n) is 4.47. The zero-order chi connectivity index (χ0) is 27.0. The van der Waals surface area contributed by atoms with Crippen molar-refractivity contribution in [3.63, 3.8) is 0 Å². The molecule has 3 aromatic rings. The molecule has 5 heterocycles. The van der Waals surface area contributed by atoms with Crippen LogP contribution in [-0.2, 0) is 22.3 Å². The molecule has 0 spiro atoms. The molecule has 2 aliphatic heterocycles. The number of anilines is 2. The summed E-state index contributed by atoms with van der Waals surface area (Å²) in [6.07, 6.45) is 2.88. The minimum Gasteiger partial charge on any atom is -0.481 e. The van der Waals surface area contributed by atoms with E-state index >= 15 is 0 Å². The van der Waals surface area contributed by atoms with Crippen molar-refractivity contribution < 1.29 is 23.7 Å². The second kappa shape index (κ2) is 12.8. The number of nitrogens with zero attached hydrogens (tertiary/aromatic N) is 8. The smallest absolute Gasteiger partial charge is 0.319 e. The summed E-state index contributed by atoms with van der Waals surface area (Å²) in [5, 5.41) is 0. The van der Waals surface area contributed by atoms with Gasteiger partial charge in [-0.2, -0.15) is 9.97 Å². The summed E-state index contributed by atoms with van der Waals surface area (Å²) in [5.74, 6) is 2.03. The van der Waals surface area contributed by atoms with E-state index in [1.165, 1.54) is 0 Å². The lowest BCUT2D eigenvalue weighted by Gasteiger charge is -2.35. The van der Waals surface area contributed by atoms with Crippen LogP contribution in [0.2, 0.25) is 0 Å².